The van der Waals surface area contributed by atoms with Gasteiger partial charge < -0.3 is 0 Å². The van der Waals surface area contributed by atoms with Crippen molar-refractivity contribution in [1.82, 2.24) is 0 Å². The van der Waals surface area contributed by atoms with Crippen LogP contribution in [0.2, 0.25) is 0 Å². The lowest BCUT2D eigenvalue weighted by atomic mass is 9.53. The molecule has 0 aliphatic heterocycles. The van der Waals surface area contributed by atoms with E-state index in [-0.39, 0.29) is 17.3 Å². The molecule has 3 fully saturated rings. The fourth-order valence-electron chi connectivity index (χ4n) is 5.80. The van der Waals surface area contributed by atoms with Crippen LogP contribution in [0.25, 0.3) is 0 Å². The van der Waals surface area contributed by atoms with Crippen molar-refractivity contribution in [2.24, 2.45) is 35.0 Å². The Morgan fingerprint density at radius 2 is 1.89 bits per heavy atom. The summed E-state index contributed by atoms with van der Waals surface area (Å²) in [5.41, 5.74) is 0.229. The van der Waals surface area contributed by atoms with Gasteiger partial charge in [0.2, 0.25) is 0 Å². The molecule has 0 aromatic carbocycles. The van der Waals surface area contributed by atoms with E-state index in [2.05, 4.69) is 13.8 Å². The minimum Gasteiger partial charge on any atom is -0.300 e. The Morgan fingerprint density at radius 1 is 1.16 bits per heavy atom. The third kappa shape index (κ3) is 1.82. The lowest BCUT2D eigenvalue weighted by Crippen LogP contribution is -2.47. The molecule has 3 saturated carbocycles. The van der Waals surface area contributed by atoms with Crippen molar-refractivity contribution < 1.29 is 9.59 Å². The van der Waals surface area contributed by atoms with Gasteiger partial charge in [0, 0.05) is 18.3 Å². The van der Waals surface area contributed by atoms with Gasteiger partial charge in [-0.2, -0.15) is 0 Å². The normalized spacial score (nSPS) is 49.6. The molecular weight excluding hydrogens is 236 g/mol. The van der Waals surface area contributed by atoms with E-state index in [1.807, 2.05) is 0 Å². The van der Waals surface area contributed by atoms with Gasteiger partial charge in [-0.25, -0.2) is 0 Å². The first-order valence-electron chi connectivity index (χ1n) is 7.98. The predicted octanol–water partition coefficient (Wildman–Crippen LogP) is 3.63. The summed E-state index contributed by atoms with van der Waals surface area (Å²) in [6.07, 6.45) is 6.47. The Kier molecular flexibility index (Phi) is 3.11. The smallest absolute Gasteiger partial charge is 0.135 e. The highest BCUT2D eigenvalue weighted by Crippen LogP contribution is 2.62. The van der Waals surface area contributed by atoms with E-state index in [1.165, 1.54) is 6.42 Å². The first-order valence-corrected chi connectivity index (χ1v) is 7.98. The lowest BCUT2D eigenvalue weighted by molar-refractivity contribution is -0.135. The van der Waals surface area contributed by atoms with E-state index in [4.69, 9.17) is 0 Å². The zero-order chi connectivity index (χ0) is 13.8. The van der Waals surface area contributed by atoms with Gasteiger partial charge in [-0.1, -0.05) is 13.8 Å². The number of fused-ring (bicyclic) bond motifs is 3. The van der Waals surface area contributed by atoms with Crippen LogP contribution in [0.3, 0.4) is 0 Å². The van der Waals surface area contributed by atoms with Gasteiger partial charge in [0.1, 0.15) is 11.6 Å². The Bertz CT molecular complexity index is 413. The summed E-state index contributed by atoms with van der Waals surface area (Å²) in [4.78, 5) is 23.9. The molecule has 6 atom stereocenters. The zero-order valence-corrected chi connectivity index (χ0v) is 12.4. The van der Waals surface area contributed by atoms with E-state index in [1.54, 1.807) is 6.92 Å². The van der Waals surface area contributed by atoms with Gasteiger partial charge in [0.25, 0.3) is 0 Å². The number of rotatable bonds is 1. The van der Waals surface area contributed by atoms with Crippen molar-refractivity contribution in [3.8, 4) is 0 Å². The van der Waals surface area contributed by atoms with E-state index >= 15 is 0 Å². The summed E-state index contributed by atoms with van der Waals surface area (Å²) in [5, 5.41) is 0. The van der Waals surface area contributed by atoms with Crippen molar-refractivity contribution >= 4 is 11.6 Å². The summed E-state index contributed by atoms with van der Waals surface area (Å²) in [7, 11) is 0. The zero-order valence-electron chi connectivity index (χ0n) is 12.4. The Morgan fingerprint density at radius 3 is 2.58 bits per heavy atom. The van der Waals surface area contributed by atoms with Crippen LogP contribution in [-0.2, 0) is 9.59 Å². The van der Waals surface area contributed by atoms with E-state index < -0.39 is 0 Å². The topological polar surface area (TPSA) is 34.1 Å². The van der Waals surface area contributed by atoms with Crippen LogP contribution in [-0.4, -0.2) is 11.6 Å². The number of carbonyl (C=O) groups excluding carboxylic acids is 2. The van der Waals surface area contributed by atoms with Gasteiger partial charge in [0.15, 0.2) is 0 Å². The molecule has 2 heteroatoms. The van der Waals surface area contributed by atoms with Crippen molar-refractivity contribution in [2.75, 3.05) is 0 Å². The molecule has 19 heavy (non-hydrogen) atoms. The van der Waals surface area contributed by atoms with Crippen molar-refractivity contribution in [3.05, 3.63) is 0 Å². The number of hydrogen-bond donors (Lipinski definition) is 0. The quantitative estimate of drug-likeness (QED) is 0.723. The first-order chi connectivity index (χ1) is 8.95. The molecule has 2 nitrogen and oxygen atoms in total. The van der Waals surface area contributed by atoms with Crippen LogP contribution in [0, 0.1) is 35.0 Å². The molecular formula is C17H26O2. The fraction of sp³-hybridized carbons (Fsp3) is 0.882. The highest BCUT2D eigenvalue weighted by Gasteiger charge is 2.56. The van der Waals surface area contributed by atoms with Crippen molar-refractivity contribution in [1.29, 1.82) is 0 Å². The minimum atomic E-state index is 0.229. The predicted molar refractivity (Wildman–Crippen MR) is 74.6 cm³/mol. The van der Waals surface area contributed by atoms with Gasteiger partial charge >= 0.3 is 0 Å². The molecule has 0 N–H and O–H groups in total. The second kappa shape index (κ2) is 4.43. The number of ketones is 2. The summed E-state index contributed by atoms with van der Waals surface area (Å²) in [5.74, 6) is 3.41. The summed E-state index contributed by atoms with van der Waals surface area (Å²) < 4.78 is 0. The summed E-state index contributed by atoms with van der Waals surface area (Å²) in [6, 6.07) is 0. The first kappa shape index (κ1) is 13.3. The second-order valence-electron chi connectivity index (χ2n) is 7.51. The fourth-order valence-corrected chi connectivity index (χ4v) is 5.80. The van der Waals surface area contributed by atoms with Crippen LogP contribution in [0.1, 0.15) is 59.3 Å². The number of carbonyl (C=O) groups is 2. The average molecular weight is 262 g/mol. The molecule has 0 saturated heterocycles. The molecule has 0 aromatic heterocycles. The molecule has 3 aliphatic carbocycles. The molecule has 0 spiro atoms. The van der Waals surface area contributed by atoms with Crippen LogP contribution in [0.5, 0.6) is 0 Å². The van der Waals surface area contributed by atoms with Crippen molar-refractivity contribution in [2.45, 2.75) is 59.3 Å². The Labute approximate surface area is 116 Å². The van der Waals surface area contributed by atoms with Crippen LogP contribution >= 0.6 is 0 Å². The lowest BCUT2D eigenvalue weighted by Gasteiger charge is -2.51. The monoisotopic (exact) mass is 262 g/mol. The molecule has 3 aliphatic rings. The third-order valence-corrected chi connectivity index (χ3v) is 6.86. The van der Waals surface area contributed by atoms with E-state index in [9.17, 15) is 9.59 Å². The minimum absolute atomic E-state index is 0.229. The van der Waals surface area contributed by atoms with Gasteiger partial charge in [-0.3, -0.25) is 9.59 Å². The van der Waals surface area contributed by atoms with Gasteiger partial charge in [0.05, 0.1) is 0 Å². The SMILES string of the molecule is CC(=O)[C@@H]1CC[C@@H]2[C@@H]3CCC(=O)[C@H](C)[C@H]3CC[C@]21C. The van der Waals surface area contributed by atoms with E-state index in [0.717, 1.165) is 32.1 Å². The van der Waals surface area contributed by atoms with Gasteiger partial charge in [-0.15, -0.1) is 0 Å². The molecule has 0 heterocycles. The van der Waals surface area contributed by atoms with Crippen LogP contribution in [0.15, 0.2) is 0 Å². The van der Waals surface area contributed by atoms with Crippen LogP contribution < -0.4 is 0 Å². The third-order valence-electron chi connectivity index (χ3n) is 6.86. The molecule has 0 bridgehead atoms. The molecule has 0 radical (unpaired) electrons. The Balaban J connectivity index is 1.88. The number of hydrogen-bond acceptors (Lipinski definition) is 2. The average Bonchev–Trinajstić information content (AvgIpc) is 2.71. The van der Waals surface area contributed by atoms with Crippen molar-refractivity contribution in [3.63, 3.8) is 0 Å². The standard InChI is InChI=1S/C17H26O2/c1-10-12-8-9-17(3)14(11(2)18)5-6-15(17)13(12)4-7-16(10)19/h10,12-15H,4-9H2,1-3H3/t10-,12-,13-,14+,15-,17+/m1/s1. The highest BCUT2D eigenvalue weighted by molar-refractivity contribution is 5.82. The summed E-state index contributed by atoms with van der Waals surface area (Å²) in [6.45, 7) is 6.27. The largest absolute Gasteiger partial charge is 0.300 e. The maximum Gasteiger partial charge on any atom is 0.135 e. The molecule has 106 valence electrons. The highest BCUT2D eigenvalue weighted by atomic mass is 16.1. The number of Topliss-reactive ketones (excluding diaryl/α,β-unsaturated/α-hetero) is 2. The second-order valence-corrected chi connectivity index (χ2v) is 7.51. The summed E-state index contributed by atoms with van der Waals surface area (Å²) >= 11 is 0. The maximum atomic E-state index is 11.9. The Hall–Kier alpha value is -0.660. The molecule has 0 aromatic rings. The van der Waals surface area contributed by atoms with E-state index in [0.29, 0.717) is 29.3 Å². The maximum absolute atomic E-state index is 11.9. The molecule has 0 unspecified atom stereocenters. The van der Waals surface area contributed by atoms with Crippen LogP contribution in [0.4, 0.5) is 0 Å². The molecule has 3 rings (SSSR count). The van der Waals surface area contributed by atoms with Gasteiger partial charge in [-0.05, 0) is 62.2 Å². The molecule has 0 amide bonds.